The van der Waals surface area contributed by atoms with Crippen molar-refractivity contribution in [2.24, 2.45) is 0 Å². The average molecular weight is 383 g/mol. The van der Waals surface area contributed by atoms with Crippen molar-refractivity contribution in [2.75, 3.05) is 11.9 Å². The molecular formula is C20H19ClN4O2. The average Bonchev–Trinajstić information content (AvgIpc) is 3.16. The lowest BCUT2D eigenvalue weighted by Gasteiger charge is -2.08. The maximum Gasteiger partial charge on any atom is 0.313 e. The van der Waals surface area contributed by atoms with E-state index in [1.54, 1.807) is 29.1 Å². The van der Waals surface area contributed by atoms with Gasteiger partial charge in [-0.15, -0.1) is 0 Å². The van der Waals surface area contributed by atoms with Crippen molar-refractivity contribution in [3.05, 3.63) is 83.1 Å². The second-order valence-electron chi connectivity index (χ2n) is 5.99. The third-order valence-electron chi connectivity index (χ3n) is 3.91. The highest BCUT2D eigenvalue weighted by atomic mass is 35.5. The van der Waals surface area contributed by atoms with Gasteiger partial charge in [-0.1, -0.05) is 35.9 Å². The van der Waals surface area contributed by atoms with E-state index in [0.29, 0.717) is 30.2 Å². The first kappa shape index (κ1) is 18.7. The number of nitrogens with zero attached hydrogens (tertiary/aromatic N) is 2. The summed E-state index contributed by atoms with van der Waals surface area (Å²) in [7, 11) is 0. The Morgan fingerprint density at radius 1 is 1.00 bits per heavy atom. The van der Waals surface area contributed by atoms with Gasteiger partial charge in [-0.3, -0.25) is 14.3 Å². The first-order valence-corrected chi connectivity index (χ1v) is 8.88. The minimum atomic E-state index is -0.692. The first-order chi connectivity index (χ1) is 13.1. The maximum absolute atomic E-state index is 12.1. The van der Waals surface area contributed by atoms with Gasteiger partial charge < -0.3 is 10.6 Å². The molecule has 0 fully saturated rings. The topological polar surface area (TPSA) is 76.0 Å². The summed E-state index contributed by atoms with van der Waals surface area (Å²) in [6.45, 7) is 0.956. The molecule has 2 aromatic carbocycles. The van der Waals surface area contributed by atoms with Crippen LogP contribution in [0.2, 0.25) is 5.02 Å². The molecule has 7 heteroatoms. The van der Waals surface area contributed by atoms with E-state index in [2.05, 4.69) is 15.7 Å². The molecule has 0 saturated heterocycles. The quantitative estimate of drug-likeness (QED) is 0.643. The van der Waals surface area contributed by atoms with Crippen molar-refractivity contribution in [1.29, 1.82) is 0 Å². The van der Waals surface area contributed by atoms with Crippen LogP contribution in [0.25, 0.3) is 0 Å². The number of amides is 2. The van der Waals surface area contributed by atoms with Crippen LogP contribution in [0.5, 0.6) is 0 Å². The predicted octanol–water partition coefficient (Wildman–Crippen LogP) is 2.88. The molecule has 3 aromatic rings. The summed E-state index contributed by atoms with van der Waals surface area (Å²) in [4.78, 5) is 24.0. The molecule has 0 bridgehead atoms. The number of benzene rings is 2. The SMILES string of the molecule is O=C(NCCc1ccc(Cl)cc1)C(=O)Nc1cccc(Cn2cccn2)c1. The van der Waals surface area contributed by atoms with Gasteiger partial charge in [0.1, 0.15) is 0 Å². The molecule has 6 nitrogen and oxygen atoms in total. The molecule has 0 aliphatic carbocycles. The molecule has 0 aliphatic heterocycles. The van der Waals surface area contributed by atoms with Crippen LogP contribution in [0.3, 0.4) is 0 Å². The number of nitrogens with one attached hydrogen (secondary N) is 2. The molecule has 0 aliphatic rings. The molecule has 0 unspecified atom stereocenters. The third kappa shape index (κ3) is 5.69. The van der Waals surface area contributed by atoms with Gasteiger partial charge >= 0.3 is 11.8 Å². The molecule has 138 valence electrons. The number of aromatic nitrogens is 2. The summed E-state index contributed by atoms with van der Waals surface area (Å²) in [5.74, 6) is -1.36. The van der Waals surface area contributed by atoms with Gasteiger partial charge in [-0.2, -0.15) is 5.10 Å². The molecule has 0 atom stereocenters. The highest BCUT2D eigenvalue weighted by molar-refractivity contribution is 6.39. The van der Waals surface area contributed by atoms with Crippen LogP contribution < -0.4 is 10.6 Å². The Hall–Kier alpha value is -3.12. The van der Waals surface area contributed by atoms with E-state index in [0.717, 1.165) is 11.1 Å². The molecular weight excluding hydrogens is 364 g/mol. The zero-order valence-corrected chi connectivity index (χ0v) is 15.3. The molecule has 2 amide bonds. The van der Waals surface area contributed by atoms with Crippen molar-refractivity contribution < 1.29 is 9.59 Å². The highest BCUT2D eigenvalue weighted by Crippen LogP contribution is 2.12. The van der Waals surface area contributed by atoms with Crippen LogP contribution in [0.1, 0.15) is 11.1 Å². The van der Waals surface area contributed by atoms with E-state index in [-0.39, 0.29) is 0 Å². The van der Waals surface area contributed by atoms with Crippen molar-refractivity contribution >= 4 is 29.1 Å². The fourth-order valence-corrected chi connectivity index (χ4v) is 2.69. The van der Waals surface area contributed by atoms with Crippen molar-refractivity contribution in [3.63, 3.8) is 0 Å². The highest BCUT2D eigenvalue weighted by Gasteiger charge is 2.13. The Balaban J connectivity index is 1.49. The molecule has 1 aromatic heterocycles. The van der Waals surface area contributed by atoms with Crippen LogP contribution in [-0.4, -0.2) is 28.1 Å². The number of carbonyl (C=O) groups is 2. The minimum Gasteiger partial charge on any atom is -0.347 e. The summed E-state index contributed by atoms with van der Waals surface area (Å²) in [6.07, 6.45) is 4.19. The van der Waals surface area contributed by atoms with Crippen LogP contribution in [0, 0.1) is 0 Å². The number of hydrogen-bond donors (Lipinski definition) is 2. The van der Waals surface area contributed by atoms with Gasteiger partial charge in [0.15, 0.2) is 0 Å². The Labute approximate surface area is 162 Å². The fraction of sp³-hybridized carbons (Fsp3) is 0.150. The maximum atomic E-state index is 12.1. The second kappa shape index (κ2) is 9.00. The van der Waals surface area contributed by atoms with Gasteiger partial charge in [-0.25, -0.2) is 0 Å². The lowest BCUT2D eigenvalue weighted by atomic mass is 10.1. The normalized spacial score (nSPS) is 10.4. The summed E-state index contributed by atoms with van der Waals surface area (Å²) >= 11 is 5.84. The molecule has 0 saturated carbocycles. The van der Waals surface area contributed by atoms with Gasteiger partial charge in [0.2, 0.25) is 0 Å². The van der Waals surface area contributed by atoms with E-state index in [9.17, 15) is 9.59 Å². The molecule has 2 N–H and O–H groups in total. The molecule has 0 radical (unpaired) electrons. The van der Waals surface area contributed by atoms with Crippen LogP contribution in [-0.2, 0) is 22.6 Å². The lowest BCUT2D eigenvalue weighted by molar-refractivity contribution is -0.136. The van der Waals surface area contributed by atoms with E-state index in [1.807, 2.05) is 42.6 Å². The number of halogens is 1. The van der Waals surface area contributed by atoms with E-state index < -0.39 is 11.8 Å². The van der Waals surface area contributed by atoms with Crippen LogP contribution in [0.15, 0.2) is 67.0 Å². The smallest absolute Gasteiger partial charge is 0.313 e. The summed E-state index contributed by atoms with van der Waals surface area (Å²) in [5, 5.41) is 10.1. The summed E-state index contributed by atoms with van der Waals surface area (Å²) in [6, 6.07) is 16.5. The zero-order valence-electron chi connectivity index (χ0n) is 14.6. The van der Waals surface area contributed by atoms with E-state index >= 15 is 0 Å². The molecule has 3 rings (SSSR count). The lowest BCUT2D eigenvalue weighted by Crippen LogP contribution is -2.36. The Morgan fingerprint density at radius 2 is 1.81 bits per heavy atom. The van der Waals surface area contributed by atoms with Gasteiger partial charge in [0.25, 0.3) is 0 Å². The zero-order chi connectivity index (χ0) is 19.1. The summed E-state index contributed by atoms with van der Waals surface area (Å²) < 4.78 is 1.78. The van der Waals surface area contributed by atoms with Gasteiger partial charge in [0, 0.05) is 29.6 Å². The third-order valence-corrected chi connectivity index (χ3v) is 4.16. The van der Waals surface area contributed by atoms with Crippen molar-refractivity contribution in [2.45, 2.75) is 13.0 Å². The number of anilines is 1. The number of carbonyl (C=O) groups excluding carboxylic acids is 2. The van der Waals surface area contributed by atoms with E-state index in [1.165, 1.54) is 0 Å². The number of rotatable bonds is 6. The van der Waals surface area contributed by atoms with E-state index in [4.69, 9.17) is 11.6 Å². The molecule has 27 heavy (non-hydrogen) atoms. The van der Waals surface area contributed by atoms with Crippen LogP contribution >= 0.6 is 11.6 Å². The Bertz CT molecular complexity index is 908. The minimum absolute atomic E-state index is 0.368. The van der Waals surface area contributed by atoms with Gasteiger partial charge in [0.05, 0.1) is 6.54 Å². The monoisotopic (exact) mass is 382 g/mol. The van der Waals surface area contributed by atoms with Gasteiger partial charge in [-0.05, 0) is 47.9 Å². The number of hydrogen-bond acceptors (Lipinski definition) is 3. The molecule has 0 spiro atoms. The Morgan fingerprint density at radius 3 is 2.56 bits per heavy atom. The predicted molar refractivity (Wildman–Crippen MR) is 105 cm³/mol. The second-order valence-corrected chi connectivity index (χ2v) is 6.43. The Kier molecular flexibility index (Phi) is 6.22. The van der Waals surface area contributed by atoms with Crippen molar-refractivity contribution in [1.82, 2.24) is 15.1 Å². The largest absolute Gasteiger partial charge is 0.347 e. The van der Waals surface area contributed by atoms with Crippen LogP contribution in [0.4, 0.5) is 5.69 Å². The molecule has 1 heterocycles. The fourth-order valence-electron chi connectivity index (χ4n) is 2.57. The van der Waals surface area contributed by atoms with Crippen molar-refractivity contribution in [3.8, 4) is 0 Å². The summed E-state index contributed by atoms with van der Waals surface area (Å²) in [5.41, 5.74) is 2.57. The first-order valence-electron chi connectivity index (χ1n) is 8.50. The standard InChI is InChI=1S/C20H19ClN4O2/c21-17-7-5-15(6-8-17)9-11-22-19(26)20(27)24-18-4-1-3-16(13-18)14-25-12-2-10-23-25/h1-8,10,12-13H,9,11,14H2,(H,22,26)(H,24,27).